The minimum Gasteiger partial charge on any atom is -0.460 e. The number of hydrogen-bond donors (Lipinski definition) is 0. The summed E-state index contributed by atoms with van der Waals surface area (Å²) in [7, 11) is 0. The Morgan fingerprint density at radius 3 is 2.74 bits per heavy atom. The third kappa shape index (κ3) is 3.26. The molecule has 0 unspecified atom stereocenters. The first-order valence-corrected chi connectivity index (χ1v) is 9.35. The van der Waals surface area contributed by atoms with Gasteiger partial charge in [-0.05, 0) is 44.2 Å². The Balaban J connectivity index is 1.27. The molecule has 3 heterocycles. The molecular formula is C22H21N3O2. The third-order valence-corrected chi connectivity index (χ3v) is 5.22. The first-order chi connectivity index (χ1) is 13.2. The van der Waals surface area contributed by atoms with Crippen LogP contribution in [0.5, 0.6) is 0 Å². The van der Waals surface area contributed by atoms with Crippen molar-refractivity contribution in [3.8, 4) is 11.5 Å². The van der Waals surface area contributed by atoms with Gasteiger partial charge in [0.15, 0.2) is 0 Å². The summed E-state index contributed by atoms with van der Waals surface area (Å²) in [4.78, 5) is 2.39. The molecule has 5 rings (SSSR count). The molecule has 0 bridgehead atoms. The Kier molecular flexibility index (Phi) is 4.02. The maximum absolute atomic E-state index is 5.97. The zero-order valence-electron chi connectivity index (χ0n) is 15.3. The fourth-order valence-electron chi connectivity index (χ4n) is 3.73. The molecule has 0 aliphatic carbocycles. The minimum absolute atomic E-state index is 0.279. The Labute approximate surface area is 157 Å². The Morgan fingerprint density at radius 1 is 1.04 bits per heavy atom. The van der Waals surface area contributed by atoms with Crippen molar-refractivity contribution in [1.82, 2.24) is 15.1 Å². The number of benzene rings is 2. The van der Waals surface area contributed by atoms with Gasteiger partial charge in [0.2, 0.25) is 11.8 Å². The van der Waals surface area contributed by atoms with E-state index in [2.05, 4.69) is 46.3 Å². The lowest BCUT2D eigenvalue weighted by Crippen LogP contribution is -2.19. The van der Waals surface area contributed by atoms with E-state index in [9.17, 15) is 0 Å². The molecule has 0 N–H and O–H groups in total. The molecule has 2 aromatic carbocycles. The van der Waals surface area contributed by atoms with Gasteiger partial charge >= 0.3 is 0 Å². The molecule has 0 radical (unpaired) electrons. The highest BCUT2D eigenvalue weighted by Crippen LogP contribution is 2.30. The van der Waals surface area contributed by atoms with Crippen molar-refractivity contribution in [2.75, 3.05) is 13.1 Å². The number of rotatable bonds is 4. The van der Waals surface area contributed by atoms with Gasteiger partial charge in [0.25, 0.3) is 0 Å². The molecule has 0 saturated carbocycles. The number of likely N-dealkylation sites (tertiary alicyclic amines) is 1. The van der Waals surface area contributed by atoms with Crippen molar-refractivity contribution in [3.63, 3.8) is 0 Å². The minimum atomic E-state index is 0.279. The number of hydrogen-bond acceptors (Lipinski definition) is 5. The van der Waals surface area contributed by atoms with Crippen molar-refractivity contribution in [2.24, 2.45) is 0 Å². The van der Waals surface area contributed by atoms with E-state index in [0.29, 0.717) is 5.89 Å². The van der Waals surface area contributed by atoms with Gasteiger partial charge in [0.1, 0.15) is 11.3 Å². The predicted octanol–water partition coefficient (Wildman–Crippen LogP) is 4.78. The number of aromatic nitrogens is 2. The molecule has 0 amide bonds. The maximum Gasteiger partial charge on any atom is 0.247 e. The molecule has 1 aliphatic rings. The quantitative estimate of drug-likeness (QED) is 0.525. The summed E-state index contributed by atoms with van der Waals surface area (Å²) >= 11 is 0. The molecule has 136 valence electrons. The normalized spacial score (nSPS) is 17.7. The van der Waals surface area contributed by atoms with Gasteiger partial charge in [-0.15, -0.1) is 10.2 Å². The van der Waals surface area contributed by atoms with Crippen LogP contribution in [-0.4, -0.2) is 28.2 Å². The van der Waals surface area contributed by atoms with Crippen molar-refractivity contribution >= 4 is 11.0 Å². The van der Waals surface area contributed by atoms with Crippen LogP contribution in [0.25, 0.3) is 22.4 Å². The second kappa shape index (κ2) is 6.67. The lowest BCUT2D eigenvalue weighted by molar-refractivity contribution is 0.294. The van der Waals surface area contributed by atoms with Crippen LogP contribution in [0.4, 0.5) is 0 Å². The molecule has 5 heteroatoms. The van der Waals surface area contributed by atoms with Gasteiger partial charge < -0.3 is 8.83 Å². The highest BCUT2D eigenvalue weighted by Gasteiger charge is 2.29. The highest BCUT2D eigenvalue weighted by atomic mass is 16.4. The van der Waals surface area contributed by atoms with Crippen LogP contribution in [0.1, 0.15) is 29.6 Å². The number of para-hydroxylation sites is 1. The lowest BCUT2D eigenvalue weighted by atomic mass is 10.1. The monoisotopic (exact) mass is 359 g/mol. The lowest BCUT2D eigenvalue weighted by Gasteiger charge is -2.12. The molecule has 2 aromatic heterocycles. The second-order valence-corrected chi connectivity index (χ2v) is 7.28. The summed E-state index contributed by atoms with van der Waals surface area (Å²) in [5, 5.41) is 9.71. The van der Waals surface area contributed by atoms with E-state index in [1.54, 1.807) is 0 Å². The first-order valence-electron chi connectivity index (χ1n) is 9.35. The summed E-state index contributed by atoms with van der Waals surface area (Å²) in [6.45, 7) is 4.79. The van der Waals surface area contributed by atoms with Crippen LogP contribution in [-0.2, 0) is 6.54 Å². The van der Waals surface area contributed by atoms with E-state index < -0.39 is 0 Å². The van der Waals surface area contributed by atoms with Gasteiger partial charge in [-0.1, -0.05) is 35.9 Å². The van der Waals surface area contributed by atoms with E-state index in [1.807, 2.05) is 30.3 Å². The van der Waals surface area contributed by atoms with Gasteiger partial charge in [-0.2, -0.15) is 0 Å². The highest BCUT2D eigenvalue weighted by molar-refractivity contribution is 5.77. The van der Waals surface area contributed by atoms with Crippen LogP contribution < -0.4 is 0 Å². The van der Waals surface area contributed by atoms with E-state index in [1.165, 1.54) is 5.56 Å². The molecule has 1 fully saturated rings. The van der Waals surface area contributed by atoms with E-state index >= 15 is 0 Å². The SMILES string of the molecule is Cc1ccc(-c2nnc([C@H]3CCN(Cc4cc5ccccc5o4)C3)o2)cc1. The van der Waals surface area contributed by atoms with Crippen LogP contribution >= 0.6 is 0 Å². The molecule has 27 heavy (non-hydrogen) atoms. The molecule has 4 aromatic rings. The smallest absolute Gasteiger partial charge is 0.247 e. The summed E-state index contributed by atoms with van der Waals surface area (Å²) in [6, 6.07) is 18.4. The van der Waals surface area contributed by atoms with E-state index in [0.717, 1.165) is 54.2 Å². The molecule has 5 nitrogen and oxygen atoms in total. The zero-order chi connectivity index (χ0) is 18.2. The van der Waals surface area contributed by atoms with E-state index in [-0.39, 0.29) is 5.92 Å². The zero-order valence-corrected chi connectivity index (χ0v) is 15.3. The molecule has 1 aliphatic heterocycles. The van der Waals surface area contributed by atoms with Crippen LogP contribution in [0, 0.1) is 6.92 Å². The molecule has 1 saturated heterocycles. The number of aryl methyl sites for hydroxylation is 1. The van der Waals surface area contributed by atoms with Crippen molar-refractivity contribution < 1.29 is 8.83 Å². The number of furan rings is 1. The fraction of sp³-hybridized carbons (Fsp3) is 0.273. The van der Waals surface area contributed by atoms with Crippen molar-refractivity contribution in [1.29, 1.82) is 0 Å². The molecule has 1 atom stereocenters. The van der Waals surface area contributed by atoms with E-state index in [4.69, 9.17) is 8.83 Å². The Bertz CT molecular complexity index is 1030. The standard InChI is InChI=1S/C22H21N3O2/c1-15-6-8-16(9-7-15)21-23-24-22(27-21)18-10-11-25(13-18)14-19-12-17-4-2-3-5-20(17)26-19/h2-9,12,18H,10-11,13-14H2,1H3/t18-/m0/s1. The largest absolute Gasteiger partial charge is 0.460 e. The maximum atomic E-state index is 5.97. The van der Waals surface area contributed by atoms with Gasteiger partial charge in [-0.25, -0.2) is 0 Å². The number of fused-ring (bicyclic) bond motifs is 1. The predicted molar refractivity (Wildman–Crippen MR) is 103 cm³/mol. The van der Waals surface area contributed by atoms with Crippen molar-refractivity contribution in [3.05, 3.63) is 71.8 Å². The average Bonchev–Trinajstić information content (AvgIpc) is 3.41. The summed E-state index contributed by atoms with van der Waals surface area (Å²) in [5.41, 5.74) is 3.13. The topological polar surface area (TPSA) is 55.3 Å². The van der Waals surface area contributed by atoms with Gasteiger partial charge in [0.05, 0.1) is 12.5 Å². The summed E-state index contributed by atoms with van der Waals surface area (Å²) < 4.78 is 11.9. The number of nitrogens with zero attached hydrogens (tertiary/aromatic N) is 3. The summed E-state index contributed by atoms with van der Waals surface area (Å²) in [5.74, 6) is 2.61. The van der Waals surface area contributed by atoms with Gasteiger partial charge in [0, 0.05) is 17.5 Å². The Hall–Kier alpha value is -2.92. The first kappa shape index (κ1) is 16.3. The summed E-state index contributed by atoms with van der Waals surface area (Å²) in [6.07, 6.45) is 1.02. The van der Waals surface area contributed by atoms with Crippen LogP contribution in [0.2, 0.25) is 0 Å². The van der Waals surface area contributed by atoms with Crippen molar-refractivity contribution in [2.45, 2.75) is 25.8 Å². The molecule has 0 spiro atoms. The van der Waals surface area contributed by atoms with Crippen LogP contribution in [0.3, 0.4) is 0 Å². The van der Waals surface area contributed by atoms with Crippen LogP contribution in [0.15, 0.2) is 63.4 Å². The second-order valence-electron chi connectivity index (χ2n) is 7.28. The van der Waals surface area contributed by atoms with Gasteiger partial charge in [-0.3, -0.25) is 4.90 Å². The Morgan fingerprint density at radius 2 is 1.89 bits per heavy atom. The molecular weight excluding hydrogens is 338 g/mol. The third-order valence-electron chi connectivity index (χ3n) is 5.22. The average molecular weight is 359 g/mol. The fourth-order valence-corrected chi connectivity index (χ4v) is 3.73.